The van der Waals surface area contributed by atoms with Crippen molar-refractivity contribution in [3.63, 3.8) is 0 Å². The van der Waals surface area contributed by atoms with Gasteiger partial charge in [0, 0.05) is 14.1 Å². The van der Waals surface area contributed by atoms with Gasteiger partial charge in [0.15, 0.2) is 0 Å². The molecule has 0 bridgehead atoms. The quantitative estimate of drug-likeness (QED) is 0.830. The minimum Gasteiger partial charge on any atom is -0.481 e. The normalized spacial score (nSPS) is 12.1. The number of sulfonamides is 1. The molecule has 1 N–H and O–H groups in total. The van der Waals surface area contributed by atoms with Gasteiger partial charge < -0.3 is 5.11 Å². The zero-order valence-electron chi connectivity index (χ0n) is 10.8. The predicted octanol–water partition coefficient (Wildman–Crippen LogP) is 0.225. The highest BCUT2D eigenvalue weighted by Gasteiger charge is 2.26. The second-order valence-corrected chi connectivity index (χ2v) is 6.24. The Labute approximate surface area is 106 Å². The Morgan fingerprint density at radius 2 is 1.94 bits per heavy atom. The molecule has 1 rings (SSSR count). The number of rotatable bonds is 5. The van der Waals surface area contributed by atoms with Gasteiger partial charge in [0.05, 0.1) is 24.4 Å². The van der Waals surface area contributed by atoms with Gasteiger partial charge in [-0.3, -0.25) is 9.48 Å². The van der Waals surface area contributed by atoms with Crippen LogP contribution in [0, 0.1) is 13.8 Å². The van der Waals surface area contributed by atoms with Crippen LogP contribution in [-0.4, -0.2) is 47.7 Å². The third kappa shape index (κ3) is 2.70. The van der Waals surface area contributed by atoms with Crippen molar-refractivity contribution < 1.29 is 18.3 Å². The number of carbonyl (C=O) groups is 1. The summed E-state index contributed by atoms with van der Waals surface area (Å²) in [6.45, 7) is 3.38. The maximum Gasteiger partial charge on any atom is 0.305 e. The van der Waals surface area contributed by atoms with E-state index in [1.165, 1.54) is 18.8 Å². The summed E-state index contributed by atoms with van der Waals surface area (Å²) in [7, 11) is -0.659. The lowest BCUT2D eigenvalue weighted by Crippen LogP contribution is -2.23. The lowest BCUT2D eigenvalue weighted by molar-refractivity contribution is -0.137. The molecule has 0 spiro atoms. The predicted molar refractivity (Wildman–Crippen MR) is 64.8 cm³/mol. The molecule has 1 aromatic heterocycles. The molecule has 0 aliphatic heterocycles. The van der Waals surface area contributed by atoms with E-state index in [9.17, 15) is 13.2 Å². The van der Waals surface area contributed by atoms with Crippen LogP contribution in [0.5, 0.6) is 0 Å². The first kappa shape index (κ1) is 14.7. The number of aromatic nitrogens is 2. The van der Waals surface area contributed by atoms with E-state index in [1.54, 1.807) is 13.8 Å². The molecule has 102 valence electrons. The van der Waals surface area contributed by atoms with Crippen LogP contribution in [0.1, 0.15) is 17.8 Å². The van der Waals surface area contributed by atoms with Crippen molar-refractivity contribution >= 4 is 16.0 Å². The summed E-state index contributed by atoms with van der Waals surface area (Å²) in [5.74, 6) is -0.945. The second-order valence-electron chi connectivity index (χ2n) is 4.15. The van der Waals surface area contributed by atoms with Crippen LogP contribution >= 0.6 is 0 Å². The van der Waals surface area contributed by atoms with Crippen molar-refractivity contribution in [1.29, 1.82) is 0 Å². The highest BCUT2D eigenvalue weighted by molar-refractivity contribution is 7.89. The van der Waals surface area contributed by atoms with Gasteiger partial charge in [-0.2, -0.15) is 5.10 Å². The number of aliphatic carboxylic acids is 1. The molecule has 0 saturated carbocycles. The molecule has 0 aromatic carbocycles. The van der Waals surface area contributed by atoms with E-state index in [2.05, 4.69) is 5.10 Å². The average molecular weight is 275 g/mol. The lowest BCUT2D eigenvalue weighted by atomic mass is 10.4. The standard InChI is InChI=1S/C10H17N3O4S/c1-7-10(18(16,17)12(3)4)8(2)13(11-7)6-5-9(14)15/h5-6H2,1-4H3,(H,14,15). The molecular weight excluding hydrogens is 258 g/mol. The molecule has 0 atom stereocenters. The lowest BCUT2D eigenvalue weighted by Gasteiger charge is -2.11. The van der Waals surface area contributed by atoms with E-state index in [-0.39, 0.29) is 17.9 Å². The summed E-state index contributed by atoms with van der Waals surface area (Å²) in [6.07, 6.45) is -0.0938. The molecule has 0 radical (unpaired) electrons. The molecular formula is C10H17N3O4S. The van der Waals surface area contributed by atoms with Crippen LogP contribution < -0.4 is 0 Å². The average Bonchev–Trinajstić information content (AvgIpc) is 2.50. The molecule has 8 heteroatoms. The summed E-state index contributed by atoms with van der Waals surface area (Å²) in [4.78, 5) is 10.7. The molecule has 1 aromatic rings. The van der Waals surface area contributed by atoms with Crippen LogP contribution in [-0.2, 0) is 21.4 Å². The van der Waals surface area contributed by atoms with Crippen LogP contribution in [0.3, 0.4) is 0 Å². The molecule has 1 heterocycles. The fourth-order valence-electron chi connectivity index (χ4n) is 1.66. The molecule has 0 saturated heterocycles. The van der Waals surface area contributed by atoms with Crippen molar-refractivity contribution in [3.8, 4) is 0 Å². The van der Waals surface area contributed by atoms with Crippen LogP contribution in [0.15, 0.2) is 4.90 Å². The topological polar surface area (TPSA) is 92.5 Å². The zero-order chi connectivity index (χ0) is 14.1. The van der Waals surface area contributed by atoms with Gasteiger partial charge >= 0.3 is 5.97 Å². The van der Waals surface area contributed by atoms with E-state index >= 15 is 0 Å². The number of carboxylic acid groups (broad SMARTS) is 1. The first-order chi connectivity index (χ1) is 8.17. The van der Waals surface area contributed by atoms with Crippen molar-refractivity contribution in [2.75, 3.05) is 14.1 Å². The first-order valence-corrected chi connectivity index (χ1v) is 6.80. The smallest absolute Gasteiger partial charge is 0.305 e. The van der Waals surface area contributed by atoms with E-state index < -0.39 is 16.0 Å². The molecule has 0 aliphatic rings. The number of aryl methyl sites for hydroxylation is 2. The van der Waals surface area contributed by atoms with Gasteiger partial charge in [-0.1, -0.05) is 0 Å². The second kappa shape index (κ2) is 5.07. The monoisotopic (exact) mass is 275 g/mol. The maximum atomic E-state index is 12.1. The number of hydrogen-bond donors (Lipinski definition) is 1. The van der Waals surface area contributed by atoms with E-state index in [0.29, 0.717) is 11.4 Å². The molecule has 0 aliphatic carbocycles. The number of hydrogen-bond acceptors (Lipinski definition) is 4. The Kier molecular flexibility index (Phi) is 4.12. The SMILES string of the molecule is Cc1nn(CCC(=O)O)c(C)c1S(=O)(=O)N(C)C. The van der Waals surface area contributed by atoms with Crippen LogP contribution in [0.2, 0.25) is 0 Å². The molecule has 7 nitrogen and oxygen atoms in total. The largest absolute Gasteiger partial charge is 0.481 e. The summed E-state index contributed by atoms with van der Waals surface area (Å²) in [5, 5.41) is 12.7. The highest BCUT2D eigenvalue weighted by Crippen LogP contribution is 2.21. The van der Waals surface area contributed by atoms with Crippen molar-refractivity contribution in [2.45, 2.75) is 31.7 Å². The van der Waals surface area contributed by atoms with Crippen LogP contribution in [0.25, 0.3) is 0 Å². The first-order valence-electron chi connectivity index (χ1n) is 5.36. The summed E-state index contributed by atoms with van der Waals surface area (Å²) in [6, 6.07) is 0. The van der Waals surface area contributed by atoms with Gasteiger partial charge in [0.1, 0.15) is 4.90 Å². The van der Waals surface area contributed by atoms with Gasteiger partial charge in [0.2, 0.25) is 10.0 Å². The summed E-state index contributed by atoms with van der Waals surface area (Å²) < 4.78 is 26.7. The van der Waals surface area contributed by atoms with Gasteiger partial charge in [-0.05, 0) is 13.8 Å². The van der Waals surface area contributed by atoms with Crippen molar-refractivity contribution in [3.05, 3.63) is 11.4 Å². The third-order valence-corrected chi connectivity index (χ3v) is 4.66. The van der Waals surface area contributed by atoms with E-state index in [4.69, 9.17) is 5.11 Å². The molecule has 18 heavy (non-hydrogen) atoms. The third-order valence-electron chi connectivity index (χ3n) is 2.59. The minimum atomic E-state index is -3.55. The Morgan fingerprint density at radius 3 is 2.39 bits per heavy atom. The Hall–Kier alpha value is -1.41. The molecule has 0 amide bonds. The van der Waals surface area contributed by atoms with Gasteiger partial charge in [0.25, 0.3) is 0 Å². The fourth-order valence-corrected chi connectivity index (χ4v) is 2.91. The van der Waals surface area contributed by atoms with E-state index in [1.807, 2.05) is 0 Å². The van der Waals surface area contributed by atoms with Gasteiger partial charge in [-0.15, -0.1) is 0 Å². The van der Waals surface area contributed by atoms with Gasteiger partial charge in [-0.25, -0.2) is 12.7 Å². The molecule has 0 unspecified atom stereocenters. The Morgan fingerprint density at radius 1 is 1.39 bits per heavy atom. The Bertz CT molecular complexity index is 560. The maximum absolute atomic E-state index is 12.1. The fraction of sp³-hybridized carbons (Fsp3) is 0.600. The van der Waals surface area contributed by atoms with Crippen molar-refractivity contribution in [1.82, 2.24) is 14.1 Å². The Balaban J connectivity index is 3.21. The van der Waals surface area contributed by atoms with E-state index in [0.717, 1.165) is 4.31 Å². The molecule has 0 fully saturated rings. The highest BCUT2D eigenvalue weighted by atomic mass is 32.2. The van der Waals surface area contributed by atoms with Crippen molar-refractivity contribution in [2.24, 2.45) is 0 Å². The van der Waals surface area contributed by atoms with Crippen LogP contribution in [0.4, 0.5) is 0 Å². The zero-order valence-corrected chi connectivity index (χ0v) is 11.7. The summed E-state index contributed by atoms with van der Waals surface area (Å²) >= 11 is 0. The number of carboxylic acids is 1. The summed E-state index contributed by atoms with van der Waals surface area (Å²) in [5.41, 5.74) is 0.842. The minimum absolute atomic E-state index is 0.0938. The number of nitrogens with zero attached hydrogens (tertiary/aromatic N) is 3.